The zero-order valence-corrected chi connectivity index (χ0v) is 21.8. The Morgan fingerprint density at radius 2 is 0.974 bits per heavy atom. The average molecular weight is 567 g/mol. The predicted molar refractivity (Wildman–Crippen MR) is 134 cm³/mol. The fourth-order valence-electron chi connectivity index (χ4n) is 3.14. The molecule has 3 aromatic carbocycles. The van der Waals surface area contributed by atoms with Crippen LogP contribution in [0.5, 0.6) is 0 Å². The quantitative estimate of drug-likeness (QED) is 0.329. The van der Waals surface area contributed by atoms with Crippen LogP contribution in [-0.2, 0) is 33.1 Å². The lowest BCUT2D eigenvalue weighted by Crippen LogP contribution is -2.39. The summed E-state index contributed by atoms with van der Waals surface area (Å²) in [5.41, 5.74) is 1.45. The van der Waals surface area contributed by atoms with Gasteiger partial charge in [-0.3, -0.25) is 0 Å². The zero-order chi connectivity index (χ0) is 28.1. The Hall–Kier alpha value is -4.04. The van der Waals surface area contributed by atoms with Crippen molar-refractivity contribution in [2.24, 2.45) is 0 Å². The van der Waals surface area contributed by atoms with E-state index in [1.807, 2.05) is 9.44 Å². The molecule has 0 spiro atoms. The van der Waals surface area contributed by atoms with E-state index in [2.05, 4.69) is 10.6 Å². The molecule has 0 saturated carbocycles. The third kappa shape index (κ3) is 7.49. The third-order valence-corrected chi connectivity index (χ3v) is 7.92. The second kappa shape index (κ2) is 11.6. The number of hydrogen-bond acceptors (Lipinski definition) is 6. The number of halogens is 2. The van der Waals surface area contributed by atoms with Crippen LogP contribution in [0.25, 0.3) is 0 Å². The maximum Gasteiger partial charge on any atom is 0.328 e. The van der Waals surface area contributed by atoms with E-state index in [0.717, 1.165) is 36.4 Å². The molecule has 0 unspecified atom stereocenters. The average Bonchev–Trinajstić information content (AvgIpc) is 2.84. The molecule has 4 amide bonds. The Balaban J connectivity index is 1.48. The van der Waals surface area contributed by atoms with Gasteiger partial charge in [0.25, 0.3) is 20.0 Å². The van der Waals surface area contributed by atoms with Crippen LogP contribution < -0.4 is 20.1 Å². The maximum atomic E-state index is 13.4. The fourth-order valence-corrected chi connectivity index (χ4v) is 5.17. The highest BCUT2D eigenvalue weighted by Gasteiger charge is 2.19. The first-order valence-corrected chi connectivity index (χ1v) is 13.9. The van der Waals surface area contributed by atoms with Crippen LogP contribution in [0.1, 0.15) is 22.3 Å². The number of amides is 4. The molecule has 0 aliphatic rings. The van der Waals surface area contributed by atoms with Crippen LogP contribution in [0.4, 0.5) is 18.4 Å². The SMILES string of the molecule is Cc1cc(S(=O)(=O)NC(=O)NCc2ccc(CNC(=O)NS(=O)(=O)c3ccc(F)c(C)c3)cc2)ccc1F. The summed E-state index contributed by atoms with van der Waals surface area (Å²) in [6.07, 6.45) is 0. The smallest absolute Gasteiger partial charge is 0.328 e. The van der Waals surface area contributed by atoms with E-state index in [1.54, 1.807) is 24.3 Å². The summed E-state index contributed by atoms with van der Waals surface area (Å²) in [4.78, 5) is 23.6. The van der Waals surface area contributed by atoms with Crippen molar-refractivity contribution in [1.29, 1.82) is 0 Å². The molecule has 4 N–H and O–H groups in total. The molecule has 0 bridgehead atoms. The Morgan fingerprint density at radius 1 is 0.632 bits per heavy atom. The standard InChI is InChI=1S/C24H24F2N4O6S2/c1-15-11-19(7-9-21(15)25)37(33,34)29-23(31)27-13-17-3-5-18(6-4-17)14-28-24(32)30-38(35,36)20-8-10-22(26)16(2)12-20/h3-12H,13-14H2,1-2H3,(H2,27,29,31)(H2,28,30,32). The van der Waals surface area contributed by atoms with Gasteiger partial charge in [0.1, 0.15) is 11.6 Å². The van der Waals surface area contributed by atoms with Crippen LogP contribution in [-0.4, -0.2) is 28.9 Å². The van der Waals surface area contributed by atoms with Crippen LogP contribution in [0.2, 0.25) is 0 Å². The van der Waals surface area contributed by atoms with Gasteiger partial charge < -0.3 is 10.6 Å². The first-order valence-electron chi connectivity index (χ1n) is 11.0. The summed E-state index contributed by atoms with van der Waals surface area (Å²) in [5, 5.41) is 4.79. The lowest BCUT2D eigenvalue weighted by molar-refractivity contribution is 0.244. The van der Waals surface area contributed by atoms with Gasteiger partial charge in [-0.25, -0.2) is 44.6 Å². The highest BCUT2D eigenvalue weighted by Crippen LogP contribution is 2.15. The monoisotopic (exact) mass is 566 g/mol. The molecule has 202 valence electrons. The number of urea groups is 2. The molecular weight excluding hydrogens is 542 g/mol. The lowest BCUT2D eigenvalue weighted by Gasteiger charge is -2.11. The molecule has 38 heavy (non-hydrogen) atoms. The van der Waals surface area contributed by atoms with Crippen molar-refractivity contribution in [2.45, 2.75) is 36.7 Å². The molecule has 3 aromatic rings. The summed E-state index contributed by atoms with van der Waals surface area (Å²) in [6, 6.07) is 10.8. The van der Waals surface area contributed by atoms with Crippen LogP contribution in [0.15, 0.2) is 70.5 Å². The van der Waals surface area contributed by atoms with Crippen LogP contribution in [0.3, 0.4) is 0 Å². The number of carbonyl (C=O) groups is 2. The second-order valence-electron chi connectivity index (χ2n) is 8.21. The van der Waals surface area contributed by atoms with Crippen LogP contribution in [0, 0.1) is 25.5 Å². The Labute approximate surface area is 218 Å². The first-order chi connectivity index (χ1) is 17.8. The third-order valence-electron chi connectivity index (χ3n) is 5.26. The van der Waals surface area contributed by atoms with E-state index >= 15 is 0 Å². The molecular formula is C24H24F2N4O6S2. The van der Waals surface area contributed by atoms with E-state index in [4.69, 9.17) is 0 Å². The van der Waals surface area contributed by atoms with Crippen molar-refractivity contribution in [1.82, 2.24) is 20.1 Å². The van der Waals surface area contributed by atoms with Crippen molar-refractivity contribution < 1.29 is 35.2 Å². The molecule has 3 rings (SSSR count). The largest absolute Gasteiger partial charge is 0.333 e. The maximum absolute atomic E-state index is 13.4. The van der Waals surface area contributed by atoms with Gasteiger partial charge in [0, 0.05) is 13.1 Å². The van der Waals surface area contributed by atoms with Crippen LogP contribution >= 0.6 is 0 Å². The van der Waals surface area contributed by atoms with Gasteiger partial charge in [-0.1, -0.05) is 24.3 Å². The van der Waals surface area contributed by atoms with Gasteiger partial charge in [0.15, 0.2) is 0 Å². The second-order valence-corrected chi connectivity index (χ2v) is 11.6. The number of hydrogen-bond donors (Lipinski definition) is 4. The molecule has 0 radical (unpaired) electrons. The van der Waals surface area contributed by atoms with E-state index in [1.165, 1.54) is 13.8 Å². The van der Waals surface area contributed by atoms with E-state index in [0.29, 0.717) is 11.1 Å². The van der Waals surface area contributed by atoms with E-state index < -0.39 is 43.7 Å². The summed E-state index contributed by atoms with van der Waals surface area (Å²) in [5.74, 6) is -1.14. The minimum Gasteiger partial charge on any atom is -0.333 e. The topological polar surface area (TPSA) is 151 Å². The molecule has 0 aliphatic carbocycles. The van der Waals surface area contributed by atoms with E-state index in [9.17, 15) is 35.2 Å². The van der Waals surface area contributed by atoms with Crippen molar-refractivity contribution >= 4 is 32.1 Å². The van der Waals surface area contributed by atoms with Gasteiger partial charge >= 0.3 is 12.1 Å². The fraction of sp³-hybridized carbons (Fsp3) is 0.167. The molecule has 0 heterocycles. The molecule has 0 aliphatic heterocycles. The highest BCUT2D eigenvalue weighted by molar-refractivity contribution is 7.90. The molecule has 0 saturated heterocycles. The molecule has 14 heteroatoms. The minimum absolute atomic E-state index is 0.0205. The molecule has 0 aromatic heterocycles. The highest BCUT2D eigenvalue weighted by atomic mass is 32.2. The first kappa shape index (κ1) is 28.5. The number of aryl methyl sites for hydroxylation is 2. The van der Waals surface area contributed by atoms with E-state index in [-0.39, 0.29) is 34.0 Å². The molecule has 0 atom stereocenters. The molecule has 0 fully saturated rings. The summed E-state index contributed by atoms with van der Waals surface area (Å²) >= 11 is 0. The van der Waals surface area contributed by atoms with Gasteiger partial charge in [-0.05, 0) is 72.5 Å². The number of sulfonamides is 2. The normalized spacial score (nSPS) is 11.5. The van der Waals surface area contributed by atoms with Crippen molar-refractivity contribution in [3.05, 3.63) is 94.6 Å². The summed E-state index contributed by atoms with van der Waals surface area (Å²) in [6.45, 7) is 2.76. The van der Waals surface area contributed by atoms with Crippen molar-refractivity contribution in [2.75, 3.05) is 0 Å². The van der Waals surface area contributed by atoms with Crippen molar-refractivity contribution in [3.8, 4) is 0 Å². The summed E-state index contributed by atoms with van der Waals surface area (Å²) in [7, 11) is -8.39. The summed E-state index contributed by atoms with van der Waals surface area (Å²) < 4.78 is 79.6. The Morgan fingerprint density at radius 3 is 1.29 bits per heavy atom. The zero-order valence-electron chi connectivity index (χ0n) is 20.2. The predicted octanol–water partition coefficient (Wildman–Crippen LogP) is 2.96. The number of rotatable bonds is 8. The Kier molecular flexibility index (Phi) is 8.68. The Bertz CT molecular complexity index is 1460. The lowest BCUT2D eigenvalue weighted by atomic mass is 10.1. The van der Waals surface area contributed by atoms with Crippen molar-refractivity contribution in [3.63, 3.8) is 0 Å². The molecule has 10 nitrogen and oxygen atoms in total. The van der Waals surface area contributed by atoms with Gasteiger partial charge in [0.2, 0.25) is 0 Å². The van der Waals surface area contributed by atoms with Gasteiger partial charge in [-0.15, -0.1) is 0 Å². The number of nitrogens with one attached hydrogen (secondary N) is 4. The number of benzene rings is 3. The minimum atomic E-state index is -4.19. The van der Waals surface area contributed by atoms with Gasteiger partial charge in [-0.2, -0.15) is 0 Å². The van der Waals surface area contributed by atoms with Gasteiger partial charge in [0.05, 0.1) is 9.79 Å². The number of carbonyl (C=O) groups excluding carboxylic acids is 2.